The van der Waals surface area contributed by atoms with Crippen LogP contribution in [0.25, 0.3) is 10.8 Å². The summed E-state index contributed by atoms with van der Waals surface area (Å²) in [5.41, 5.74) is 0.966. The predicted octanol–water partition coefficient (Wildman–Crippen LogP) is 1.55. The van der Waals surface area contributed by atoms with Gasteiger partial charge in [-0.1, -0.05) is 24.3 Å². The highest BCUT2D eigenvalue weighted by molar-refractivity contribution is 7.89. The summed E-state index contributed by atoms with van der Waals surface area (Å²) in [5.74, 6) is 0. The van der Waals surface area contributed by atoms with Gasteiger partial charge in [-0.3, -0.25) is 0 Å². The molecule has 0 unspecified atom stereocenters. The average Bonchev–Trinajstić information content (AvgIpc) is 2.26. The van der Waals surface area contributed by atoms with Gasteiger partial charge in [0.15, 0.2) is 0 Å². The predicted molar refractivity (Wildman–Crippen MR) is 69.6 cm³/mol. The van der Waals surface area contributed by atoms with Crippen molar-refractivity contribution in [2.45, 2.75) is 4.90 Å². The van der Waals surface area contributed by atoms with E-state index in [1.54, 1.807) is 24.3 Å². The first-order chi connectivity index (χ1) is 7.91. The maximum absolute atomic E-state index is 11.5. The molecule has 5 heteroatoms. The van der Waals surface area contributed by atoms with Crippen molar-refractivity contribution in [3.63, 3.8) is 0 Å². The van der Waals surface area contributed by atoms with Crippen LogP contribution in [0.2, 0.25) is 0 Å². The molecule has 0 spiro atoms. The first-order valence-corrected chi connectivity index (χ1v) is 6.68. The Morgan fingerprint density at radius 3 is 2.12 bits per heavy atom. The summed E-state index contributed by atoms with van der Waals surface area (Å²) in [5, 5.41) is 6.74. The normalized spacial score (nSPS) is 11.7. The fourth-order valence-electron chi connectivity index (χ4n) is 1.89. The Morgan fingerprint density at radius 2 is 1.59 bits per heavy atom. The number of benzene rings is 2. The Hall–Kier alpha value is -1.59. The Bertz CT molecular complexity index is 663. The number of fused-ring (bicyclic) bond motifs is 1. The third-order valence-electron chi connectivity index (χ3n) is 2.65. The minimum Gasteiger partial charge on any atom is -0.377 e. The second-order valence-electron chi connectivity index (χ2n) is 4.07. The van der Waals surface area contributed by atoms with Crippen LogP contribution in [0.3, 0.4) is 0 Å². The minimum atomic E-state index is -3.69. The van der Waals surface area contributed by atoms with E-state index < -0.39 is 10.0 Å². The van der Waals surface area contributed by atoms with Crippen molar-refractivity contribution in [3.05, 3.63) is 36.4 Å². The molecule has 0 heterocycles. The molecule has 17 heavy (non-hydrogen) atoms. The summed E-state index contributed by atoms with van der Waals surface area (Å²) in [6, 6.07) is 10.6. The van der Waals surface area contributed by atoms with Gasteiger partial charge in [0.05, 0.1) is 4.90 Å². The molecular formula is C12H14N2O2S. The molecule has 0 atom stereocenters. The molecule has 0 saturated heterocycles. The molecule has 0 aliphatic carbocycles. The molecule has 0 fully saturated rings. The van der Waals surface area contributed by atoms with Gasteiger partial charge in [-0.2, -0.15) is 0 Å². The zero-order valence-electron chi connectivity index (χ0n) is 9.71. The van der Waals surface area contributed by atoms with Crippen LogP contribution < -0.4 is 10.0 Å². The summed E-state index contributed by atoms with van der Waals surface area (Å²) >= 11 is 0. The molecule has 0 radical (unpaired) electrons. The number of rotatable bonds is 2. The van der Waals surface area contributed by atoms with Gasteiger partial charge >= 0.3 is 0 Å². The quantitative estimate of drug-likeness (QED) is 0.879. The van der Waals surface area contributed by atoms with E-state index in [-0.39, 0.29) is 4.90 Å². The van der Waals surface area contributed by atoms with Crippen LogP contribution in [0, 0.1) is 0 Å². The molecule has 2 N–H and O–H groups in total. The van der Waals surface area contributed by atoms with E-state index in [9.17, 15) is 8.42 Å². The van der Waals surface area contributed by atoms with Gasteiger partial charge in [0.25, 0.3) is 0 Å². The first-order valence-electron chi connectivity index (χ1n) is 5.13. The van der Waals surface area contributed by atoms with Crippen molar-refractivity contribution in [1.82, 2.24) is 0 Å². The van der Waals surface area contributed by atoms with E-state index in [2.05, 4.69) is 0 Å². The summed E-state index contributed by atoms with van der Waals surface area (Å²) < 4.78 is 23.0. The van der Waals surface area contributed by atoms with Gasteiger partial charge in [0.2, 0.25) is 10.0 Å². The van der Waals surface area contributed by atoms with Crippen LogP contribution >= 0.6 is 0 Å². The average molecular weight is 250 g/mol. The molecule has 4 nitrogen and oxygen atoms in total. The highest BCUT2D eigenvalue weighted by Gasteiger charge is 2.14. The lowest BCUT2D eigenvalue weighted by molar-refractivity contribution is 0.598. The third kappa shape index (κ3) is 2.11. The van der Waals surface area contributed by atoms with Gasteiger partial charge in [0.1, 0.15) is 0 Å². The number of anilines is 1. The highest BCUT2D eigenvalue weighted by Crippen LogP contribution is 2.30. The lowest BCUT2D eigenvalue weighted by Crippen LogP contribution is -2.14. The first kappa shape index (κ1) is 11.9. The number of nitrogens with two attached hydrogens (primary N) is 1. The summed E-state index contributed by atoms with van der Waals surface area (Å²) in [6.45, 7) is 0. The molecule has 0 amide bonds. The van der Waals surface area contributed by atoms with Gasteiger partial charge in [-0.15, -0.1) is 0 Å². The zero-order chi connectivity index (χ0) is 12.6. The van der Waals surface area contributed by atoms with Crippen molar-refractivity contribution < 1.29 is 8.42 Å². The van der Waals surface area contributed by atoms with Crippen LogP contribution in [0.4, 0.5) is 5.69 Å². The molecule has 0 saturated carbocycles. The van der Waals surface area contributed by atoms with Crippen molar-refractivity contribution in [3.8, 4) is 0 Å². The Balaban J connectivity index is 2.90. The van der Waals surface area contributed by atoms with Crippen LogP contribution in [-0.2, 0) is 10.0 Å². The summed E-state index contributed by atoms with van der Waals surface area (Å²) in [7, 11) is 0.140. The van der Waals surface area contributed by atoms with Gasteiger partial charge in [-0.25, -0.2) is 13.6 Å². The molecule has 2 aromatic carbocycles. The fourth-order valence-corrected chi connectivity index (χ4v) is 2.64. The van der Waals surface area contributed by atoms with Crippen LogP contribution in [-0.4, -0.2) is 22.5 Å². The second kappa shape index (κ2) is 4.01. The smallest absolute Gasteiger partial charge is 0.238 e. The minimum absolute atomic E-state index is 0.165. The lowest BCUT2D eigenvalue weighted by Gasteiger charge is -2.16. The molecule has 2 aromatic rings. The molecule has 2 rings (SSSR count). The number of sulfonamides is 1. The SMILES string of the molecule is CN(C)c1ccc(S(N)(=O)=O)c2ccccc12. The maximum atomic E-state index is 11.5. The topological polar surface area (TPSA) is 63.4 Å². The molecule has 90 valence electrons. The number of primary sulfonamides is 1. The van der Waals surface area contributed by atoms with Gasteiger partial charge in [-0.05, 0) is 12.1 Å². The van der Waals surface area contributed by atoms with Crippen molar-refractivity contribution in [2.75, 3.05) is 19.0 Å². The Kier molecular flexibility index (Phi) is 2.81. The second-order valence-corrected chi connectivity index (χ2v) is 5.60. The summed E-state index contributed by atoms with van der Waals surface area (Å²) in [6.07, 6.45) is 0. The highest BCUT2D eigenvalue weighted by atomic mass is 32.2. The van der Waals surface area contributed by atoms with Crippen LogP contribution in [0.1, 0.15) is 0 Å². The summed E-state index contributed by atoms with van der Waals surface area (Å²) in [4.78, 5) is 2.11. The van der Waals surface area contributed by atoms with E-state index >= 15 is 0 Å². The van der Waals surface area contributed by atoms with Gasteiger partial charge < -0.3 is 4.90 Å². The molecule has 0 aliphatic heterocycles. The number of hydrogen-bond donors (Lipinski definition) is 1. The van der Waals surface area contributed by atoms with E-state index in [1.807, 2.05) is 31.1 Å². The Morgan fingerprint density at radius 1 is 1.00 bits per heavy atom. The van der Waals surface area contributed by atoms with Crippen molar-refractivity contribution in [1.29, 1.82) is 0 Å². The Labute approximate surface area is 101 Å². The lowest BCUT2D eigenvalue weighted by atomic mass is 10.1. The van der Waals surface area contributed by atoms with Crippen LogP contribution in [0.15, 0.2) is 41.3 Å². The number of hydrogen-bond acceptors (Lipinski definition) is 3. The zero-order valence-corrected chi connectivity index (χ0v) is 10.5. The number of nitrogens with zero attached hydrogens (tertiary/aromatic N) is 1. The van der Waals surface area contributed by atoms with E-state index in [0.29, 0.717) is 5.39 Å². The van der Waals surface area contributed by atoms with E-state index in [1.165, 1.54) is 0 Å². The van der Waals surface area contributed by atoms with Gasteiger partial charge in [0, 0.05) is 30.6 Å². The largest absolute Gasteiger partial charge is 0.377 e. The standard InChI is InChI=1S/C12H14N2O2S/c1-14(2)11-7-8-12(17(13,15)16)10-6-4-3-5-9(10)11/h3-8H,1-2H3,(H2,13,15,16). The van der Waals surface area contributed by atoms with E-state index in [4.69, 9.17) is 5.14 Å². The van der Waals surface area contributed by atoms with E-state index in [0.717, 1.165) is 11.1 Å². The maximum Gasteiger partial charge on any atom is 0.238 e. The monoisotopic (exact) mass is 250 g/mol. The van der Waals surface area contributed by atoms with Crippen molar-refractivity contribution >= 4 is 26.5 Å². The molecule has 0 bridgehead atoms. The van der Waals surface area contributed by atoms with Crippen molar-refractivity contribution in [2.24, 2.45) is 5.14 Å². The third-order valence-corrected chi connectivity index (χ3v) is 3.62. The molecule has 0 aromatic heterocycles. The molecule has 0 aliphatic rings. The molecular weight excluding hydrogens is 236 g/mol. The fraction of sp³-hybridized carbons (Fsp3) is 0.167. The van der Waals surface area contributed by atoms with Crippen LogP contribution in [0.5, 0.6) is 0 Å².